The predicted octanol–water partition coefficient (Wildman–Crippen LogP) is 4.56. The van der Waals surface area contributed by atoms with Crippen molar-refractivity contribution in [2.24, 2.45) is 17.8 Å². The minimum Gasteiger partial charge on any atom is -0.481 e. The van der Waals surface area contributed by atoms with Gasteiger partial charge < -0.3 is 20.5 Å². The van der Waals surface area contributed by atoms with Gasteiger partial charge in [-0.15, -0.1) is 0 Å². The van der Waals surface area contributed by atoms with Crippen molar-refractivity contribution in [3.05, 3.63) is 59.7 Å². The Balaban J connectivity index is 1.17. The molecule has 1 atom stereocenters. The van der Waals surface area contributed by atoms with E-state index in [1.165, 1.54) is 22.3 Å². The predicted molar refractivity (Wildman–Crippen MR) is 133 cm³/mol. The van der Waals surface area contributed by atoms with E-state index in [0.717, 1.165) is 12.8 Å². The van der Waals surface area contributed by atoms with Crippen LogP contribution in [0.1, 0.15) is 56.6 Å². The molecule has 0 aliphatic heterocycles. The molecule has 2 aromatic carbocycles. The van der Waals surface area contributed by atoms with E-state index < -0.39 is 12.1 Å². The summed E-state index contributed by atoms with van der Waals surface area (Å²) in [5, 5.41) is 14.7. The normalized spacial score (nSPS) is 19.3. The second kappa shape index (κ2) is 10.9. The Labute approximate surface area is 206 Å². The molecule has 2 aromatic rings. The number of benzene rings is 2. The Morgan fingerprint density at radius 1 is 0.971 bits per heavy atom. The first-order valence-corrected chi connectivity index (χ1v) is 12.4. The number of ether oxygens (including phenoxy) is 1. The van der Waals surface area contributed by atoms with Gasteiger partial charge in [0.1, 0.15) is 6.61 Å². The maximum absolute atomic E-state index is 12.4. The minimum absolute atomic E-state index is 0.0375. The smallest absolute Gasteiger partial charge is 0.407 e. The molecule has 0 spiro atoms. The van der Waals surface area contributed by atoms with Crippen molar-refractivity contribution in [2.45, 2.75) is 51.5 Å². The molecule has 186 valence electrons. The SMILES string of the molecule is CC(C)[C@H](CC(=O)O)NC(=O)CC1CC(CNC(=O)OCC2c3ccccc3-c3ccccc32)C1. The topological polar surface area (TPSA) is 105 Å². The van der Waals surface area contributed by atoms with Crippen molar-refractivity contribution in [3.8, 4) is 11.1 Å². The standard InChI is InChI=1S/C28H34N2O5/c1-17(2)25(14-27(32)33)30-26(31)13-18-11-19(12-18)15-29-28(34)35-16-24-22-9-5-3-7-20(22)21-8-4-6-10-23(21)24/h3-10,17-19,24-25H,11-16H2,1-2H3,(H,29,34)(H,30,31)(H,32,33)/t18?,19?,25-/m0/s1. The van der Waals surface area contributed by atoms with Crippen LogP contribution in [0.25, 0.3) is 11.1 Å². The number of amides is 2. The first-order valence-electron chi connectivity index (χ1n) is 12.4. The number of carbonyl (C=O) groups is 3. The Morgan fingerprint density at radius 2 is 1.57 bits per heavy atom. The summed E-state index contributed by atoms with van der Waals surface area (Å²) in [7, 11) is 0. The molecule has 7 nitrogen and oxygen atoms in total. The largest absolute Gasteiger partial charge is 0.481 e. The van der Waals surface area contributed by atoms with Crippen LogP contribution < -0.4 is 10.6 Å². The Hall–Kier alpha value is -3.35. The fourth-order valence-corrected chi connectivity index (χ4v) is 5.25. The van der Waals surface area contributed by atoms with E-state index in [0.29, 0.717) is 25.5 Å². The molecule has 35 heavy (non-hydrogen) atoms. The van der Waals surface area contributed by atoms with Crippen LogP contribution >= 0.6 is 0 Å². The number of hydrogen-bond acceptors (Lipinski definition) is 4. The lowest BCUT2D eigenvalue weighted by molar-refractivity contribution is -0.138. The number of nitrogens with one attached hydrogen (secondary N) is 2. The van der Waals surface area contributed by atoms with Gasteiger partial charge in [0.15, 0.2) is 0 Å². The molecule has 2 aliphatic carbocycles. The monoisotopic (exact) mass is 478 g/mol. The highest BCUT2D eigenvalue weighted by molar-refractivity contribution is 5.79. The van der Waals surface area contributed by atoms with E-state index in [4.69, 9.17) is 9.84 Å². The molecule has 0 radical (unpaired) electrons. The number of carboxylic acid groups (broad SMARTS) is 1. The zero-order chi connectivity index (χ0) is 24.9. The van der Waals surface area contributed by atoms with Gasteiger partial charge in [0.25, 0.3) is 0 Å². The summed E-state index contributed by atoms with van der Waals surface area (Å²) in [6, 6.07) is 16.1. The summed E-state index contributed by atoms with van der Waals surface area (Å²) >= 11 is 0. The summed E-state index contributed by atoms with van der Waals surface area (Å²) in [5.41, 5.74) is 4.77. The van der Waals surface area contributed by atoms with Gasteiger partial charge in [-0.05, 0) is 52.8 Å². The zero-order valence-corrected chi connectivity index (χ0v) is 20.3. The number of alkyl carbamates (subject to hydrolysis) is 1. The molecular formula is C28H34N2O5. The first-order chi connectivity index (χ1) is 16.8. The molecule has 0 aromatic heterocycles. The van der Waals surface area contributed by atoms with Gasteiger partial charge in [-0.25, -0.2) is 4.79 Å². The van der Waals surface area contributed by atoms with Gasteiger partial charge in [-0.2, -0.15) is 0 Å². The third kappa shape index (κ3) is 6.02. The Kier molecular flexibility index (Phi) is 7.73. The van der Waals surface area contributed by atoms with E-state index in [9.17, 15) is 14.4 Å². The summed E-state index contributed by atoms with van der Waals surface area (Å²) in [6.07, 6.45) is 1.64. The van der Waals surface area contributed by atoms with Gasteiger partial charge in [0, 0.05) is 24.9 Å². The lowest BCUT2D eigenvalue weighted by Crippen LogP contribution is -2.43. The van der Waals surface area contributed by atoms with Gasteiger partial charge in [-0.1, -0.05) is 62.4 Å². The molecule has 3 N–H and O–H groups in total. The quantitative estimate of drug-likeness (QED) is 0.464. The van der Waals surface area contributed by atoms with Crippen molar-refractivity contribution in [3.63, 3.8) is 0 Å². The van der Waals surface area contributed by atoms with Crippen LogP contribution in [-0.2, 0) is 14.3 Å². The van der Waals surface area contributed by atoms with E-state index in [1.54, 1.807) is 0 Å². The van der Waals surface area contributed by atoms with Crippen LogP contribution in [0.15, 0.2) is 48.5 Å². The minimum atomic E-state index is -0.910. The van der Waals surface area contributed by atoms with Gasteiger partial charge in [0.2, 0.25) is 5.91 Å². The second-order valence-electron chi connectivity index (χ2n) is 10.1. The molecule has 0 bridgehead atoms. The van der Waals surface area contributed by atoms with Gasteiger partial charge in [-0.3, -0.25) is 9.59 Å². The van der Waals surface area contributed by atoms with Crippen LogP contribution in [0, 0.1) is 17.8 Å². The Bertz CT molecular complexity index is 1030. The van der Waals surface area contributed by atoms with Crippen molar-refractivity contribution < 1.29 is 24.2 Å². The zero-order valence-electron chi connectivity index (χ0n) is 20.3. The van der Waals surface area contributed by atoms with Gasteiger partial charge >= 0.3 is 12.1 Å². The number of rotatable bonds is 10. The third-order valence-corrected chi connectivity index (χ3v) is 7.23. The number of carbonyl (C=O) groups excluding carboxylic acids is 2. The highest BCUT2D eigenvalue weighted by Crippen LogP contribution is 2.44. The lowest BCUT2D eigenvalue weighted by atomic mass is 9.73. The van der Waals surface area contributed by atoms with Crippen molar-refractivity contribution in [2.75, 3.05) is 13.2 Å². The summed E-state index contributed by atoms with van der Waals surface area (Å²) in [5.74, 6) is -0.318. The number of fused-ring (bicyclic) bond motifs is 3. The summed E-state index contributed by atoms with van der Waals surface area (Å²) in [6.45, 7) is 4.63. The van der Waals surface area contributed by atoms with Crippen molar-refractivity contribution in [1.82, 2.24) is 10.6 Å². The third-order valence-electron chi connectivity index (χ3n) is 7.23. The molecule has 7 heteroatoms. The molecule has 2 aliphatic rings. The molecule has 0 unspecified atom stereocenters. The summed E-state index contributed by atoms with van der Waals surface area (Å²) in [4.78, 5) is 35.7. The number of aliphatic carboxylic acids is 1. The fraction of sp³-hybridized carbons (Fsp3) is 0.464. The van der Waals surface area contributed by atoms with Gasteiger partial charge in [0.05, 0.1) is 6.42 Å². The first kappa shape index (κ1) is 24.8. The molecular weight excluding hydrogens is 444 g/mol. The van der Waals surface area contributed by atoms with Crippen LogP contribution in [0.3, 0.4) is 0 Å². The maximum atomic E-state index is 12.4. The lowest BCUT2D eigenvalue weighted by Gasteiger charge is -2.35. The average molecular weight is 479 g/mol. The fourth-order valence-electron chi connectivity index (χ4n) is 5.25. The average Bonchev–Trinajstić information content (AvgIpc) is 3.12. The van der Waals surface area contributed by atoms with E-state index >= 15 is 0 Å². The number of carboxylic acids is 1. The Morgan fingerprint density at radius 3 is 2.14 bits per heavy atom. The highest BCUT2D eigenvalue weighted by atomic mass is 16.5. The second-order valence-corrected chi connectivity index (χ2v) is 10.1. The van der Waals surface area contributed by atoms with Crippen molar-refractivity contribution >= 4 is 18.0 Å². The molecule has 0 heterocycles. The summed E-state index contributed by atoms with van der Waals surface area (Å²) < 4.78 is 5.59. The van der Waals surface area contributed by atoms with E-state index in [2.05, 4.69) is 34.9 Å². The highest BCUT2D eigenvalue weighted by Gasteiger charge is 2.32. The molecule has 1 saturated carbocycles. The van der Waals surface area contributed by atoms with Crippen LogP contribution in [0.2, 0.25) is 0 Å². The van der Waals surface area contributed by atoms with E-state index in [-0.39, 0.29) is 36.1 Å². The molecule has 1 fully saturated rings. The molecule has 0 saturated heterocycles. The van der Waals surface area contributed by atoms with Crippen LogP contribution in [0.5, 0.6) is 0 Å². The molecule has 4 rings (SSSR count). The van der Waals surface area contributed by atoms with Crippen LogP contribution in [-0.4, -0.2) is 42.3 Å². The number of hydrogen-bond donors (Lipinski definition) is 3. The van der Waals surface area contributed by atoms with Crippen LogP contribution in [0.4, 0.5) is 4.79 Å². The maximum Gasteiger partial charge on any atom is 0.407 e. The van der Waals surface area contributed by atoms with Crippen molar-refractivity contribution in [1.29, 1.82) is 0 Å². The van der Waals surface area contributed by atoms with E-state index in [1.807, 2.05) is 38.1 Å². The molecule has 2 amide bonds.